The van der Waals surface area contributed by atoms with Gasteiger partial charge >= 0.3 is 11.9 Å². The van der Waals surface area contributed by atoms with Gasteiger partial charge < -0.3 is 19.0 Å². The van der Waals surface area contributed by atoms with Crippen molar-refractivity contribution < 1.29 is 38.2 Å². The van der Waals surface area contributed by atoms with Gasteiger partial charge in [-0.05, 0) is 134 Å². The summed E-state index contributed by atoms with van der Waals surface area (Å²) >= 11 is 13.8. The summed E-state index contributed by atoms with van der Waals surface area (Å²) in [5.74, 6) is -0.679. The molecule has 87 heavy (non-hydrogen) atoms. The molecule has 13 heteroatoms. The third-order valence-corrected chi connectivity index (χ3v) is 23.1. The van der Waals surface area contributed by atoms with E-state index in [0.717, 1.165) is 53.0 Å². The average molecular weight is 1240 g/mol. The highest BCUT2D eigenvalue weighted by Gasteiger charge is 2.52. The molecule has 4 atom stereocenters. The molecular formula is C74H98Cl2N2O8Si. The molecule has 4 aromatic carbocycles. The molecule has 0 amide bonds. The third kappa shape index (κ3) is 19.3. The number of carbonyl (C=O) groups is 4. The Balaban J connectivity index is 0.000000343. The zero-order valence-electron chi connectivity index (χ0n) is 55.0. The summed E-state index contributed by atoms with van der Waals surface area (Å²) in [5.41, 5.74) is 5.28. The van der Waals surface area contributed by atoms with E-state index in [1.165, 1.54) is 37.0 Å². The van der Waals surface area contributed by atoms with Crippen LogP contribution in [0.15, 0.2) is 134 Å². The largest absolute Gasteiger partial charge is 0.465 e. The minimum absolute atomic E-state index is 0.0119. The summed E-state index contributed by atoms with van der Waals surface area (Å²) in [6.45, 7) is 33.5. The Kier molecular flexibility index (Phi) is 25.7. The molecule has 0 fully saturated rings. The molecule has 6 aromatic rings. The van der Waals surface area contributed by atoms with Gasteiger partial charge in [0.1, 0.15) is 11.6 Å². The molecule has 0 aliphatic rings. The molecule has 1 N–H and O–H groups in total. The lowest BCUT2D eigenvalue weighted by molar-refractivity contribution is -0.121. The molecule has 0 spiro atoms. The van der Waals surface area contributed by atoms with Crippen LogP contribution in [0.25, 0.3) is 0 Å². The summed E-state index contributed by atoms with van der Waals surface area (Å²) in [6.07, 6.45) is 7.52. The maximum Gasteiger partial charge on any atom is 0.339 e. The van der Waals surface area contributed by atoms with Crippen LogP contribution in [-0.4, -0.2) is 74.3 Å². The average Bonchev–Trinajstić information content (AvgIpc) is 0.812. The number of ketones is 2. The maximum atomic E-state index is 14.2. The highest BCUT2D eigenvalue weighted by molar-refractivity contribution is 6.99. The number of nitrogens with zero attached hydrogens (tertiary/aromatic N) is 2. The minimum Gasteiger partial charge on any atom is -0.465 e. The fraction of sp³-hybridized carbons (Fsp3) is 0.486. The van der Waals surface area contributed by atoms with Gasteiger partial charge in [-0.2, -0.15) is 0 Å². The van der Waals surface area contributed by atoms with Gasteiger partial charge in [0.15, 0.2) is 0 Å². The Morgan fingerprint density at radius 3 is 1.21 bits per heavy atom. The van der Waals surface area contributed by atoms with Crippen LogP contribution in [0, 0.1) is 34.5 Å². The number of rotatable bonds is 26. The smallest absolute Gasteiger partial charge is 0.339 e. The van der Waals surface area contributed by atoms with E-state index in [2.05, 4.69) is 198 Å². The van der Waals surface area contributed by atoms with Crippen molar-refractivity contribution in [2.24, 2.45) is 34.5 Å². The number of aryl methyl sites for hydroxylation is 2. The molecule has 0 saturated carbocycles. The molecule has 0 aliphatic heterocycles. The van der Waals surface area contributed by atoms with Gasteiger partial charge in [0.2, 0.25) is 0 Å². The number of pyridine rings is 2. The summed E-state index contributed by atoms with van der Waals surface area (Å²) in [5, 5.41) is 14.0. The van der Waals surface area contributed by atoms with Gasteiger partial charge in [-0.3, -0.25) is 19.6 Å². The number of Topliss-reactive ketones (excluding diaryl/α,β-unsaturated/α-hetero) is 2. The Morgan fingerprint density at radius 1 is 0.529 bits per heavy atom. The monoisotopic (exact) mass is 1240 g/mol. The van der Waals surface area contributed by atoms with Gasteiger partial charge in [-0.15, -0.1) is 0 Å². The second-order valence-corrected chi connectivity index (χ2v) is 33.4. The summed E-state index contributed by atoms with van der Waals surface area (Å²) in [7, 11) is -0.208. The first kappa shape index (κ1) is 71.9. The maximum absolute atomic E-state index is 14.2. The zero-order valence-corrected chi connectivity index (χ0v) is 57.5. The van der Waals surface area contributed by atoms with E-state index in [1.807, 2.05) is 13.0 Å². The summed E-state index contributed by atoms with van der Waals surface area (Å²) in [6, 6.07) is 40.6. The van der Waals surface area contributed by atoms with Crippen molar-refractivity contribution in [3.05, 3.63) is 189 Å². The van der Waals surface area contributed by atoms with Crippen molar-refractivity contribution in [2.45, 2.75) is 171 Å². The van der Waals surface area contributed by atoms with Crippen molar-refractivity contribution in [3.8, 4) is 0 Å². The Labute approximate surface area is 532 Å². The number of aliphatic hydroxyl groups excluding tert-OH is 1. The van der Waals surface area contributed by atoms with Crippen molar-refractivity contribution in [3.63, 3.8) is 0 Å². The first-order valence-electron chi connectivity index (χ1n) is 30.8. The topological polar surface area (TPSA) is 142 Å². The molecule has 0 radical (unpaired) electrons. The van der Waals surface area contributed by atoms with E-state index in [0.29, 0.717) is 34.1 Å². The molecular weight excluding hydrogens is 1140 g/mol. The number of esters is 2. The second kappa shape index (κ2) is 31.1. The number of carbonyl (C=O) groups excluding carboxylic acids is 4. The van der Waals surface area contributed by atoms with Crippen LogP contribution in [0.1, 0.15) is 184 Å². The quantitative estimate of drug-likeness (QED) is 0.0412. The highest BCUT2D eigenvalue weighted by Crippen LogP contribution is 2.45. The number of halogens is 2. The van der Waals surface area contributed by atoms with E-state index < -0.39 is 31.1 Å². The fourth-order valence-corrected chi connectivity index (χ4v) is 17.4. The molecule has 2 aromatic heterocycles. The van der Waals surface area contributed by atoms with Gasteiger partial charge in [0.05, 0.1) is 25.3 Å². The first-order chi connectivity index (χ1) is 40.7. The van der Waals surface area contributed by atoms with E-state index in [4.69, 9.17) is 37.1 Å². The summed E-state index contributed by atoms with van der Waals surface area (Å²) in [4.78, 5) is 59.8. The molecule has 0 aliphatic carbocycles. The van der Waals surface area contributed by atoms with Crippen LogP contribution in [0.3, 0.4) is 0 Å². The summed E-state index contributed by atoms with van der Waals surface area (Å²) < 4.78 is 17.1. The molecule has 470 valence electrons. The fourth-order valence-electron chi connectivity index (χ4n) is 12.2. The number of benzene rings is 4. The standard InChI is InChI=1S/C45H58ClNO4Si.C29H40ClNO4/c1-32(2)40(31-51-52(44(6,7)8,38-17-13-11-14-18-38)39-19-15-12-16-20-39)45(9,35-23-21-33(41(46)27-35)25-26-43(3,4)5)29-37(48)28-36-24-22-34(30-47-36)42(49)50-10;1-19(2)25(18-32)29(6,22-10-8-20(26(30)14-22)12-13-28(3,4)5)16-24(33)15-23-11-9-21(17-31-23)27(34)35-7/h11-24,27,30,32,40H,25-26,28-29,31H2,1-10H3;8-11,14,17,19,25,32H,12-13,15-16,18H2,1-7H3/t40?,45-;25?,29-/m00/s1. The lowest BCUT2D eigenvalue weighted by Gasteiger charge is -2.47. The van der Waals surface area contributed by atoms with Crippen molar-refractivity contribution >= 4 is 65.4 Å². The number of ether oxygens (including phenoxy) is 2. The van der Waals surface area contributed by atoms with Crippen LogP contribution in [0.2, 0.25) is 15.1 Å². The van der Waals surface area contributed by atoms with Crippen molar-refractivity contribution in [1.82, 2.24) is 9.97 Å². The first-order valence-corrected chi connectivity index (χ1v) is 33.4. The van der Waals surface area contributed by atoms with Crippen molar-refractivity contribution in [2.75, 3.05) is 27.4 Å². The zero-order chi connectivity index (χ0) is 64.7. The van der Waals surface area contributed by atoms with Crippen LogP contribution < -0.4 is 10.4 Å². The Morgan fingerprint density at radius 2 is 0.908 bits per heavy atom. The number of hydrogen-bond acceptors (Lipinski definition) is 10. The van der Waals surface area contributed by atoms with Gasteiger partial charge in [0, 0.05) is 83.6 Å². The van der Waals surface area contributed by atoms with Crippen LogP contribution in [0.4, 0.5) is 0 Å². The van der Waals surface area contributed by atoms with Gasteiger partial charge in [0.25, 0.3) is 8.32 Å². The SMILES string of the molecule is COC(=O)c1ccc(CC(=O)C[C@@](C)(c2ccc(CCC(C)(C)C)c(Cl)c2)C(CO)C(C)C)nc1.COC(=O)c1ccc(CC(=O)C[C@@](C)(c2ccc(CCC(C)(C)C)c(Cl)c2)C(CO[Si](c2ccccc2)(c2ccccc2)C(C)(C)C)C(C)C)nc1. The molecule has 10 nitrogen and oxygen atoms in total. The van der Waals surface area contributed by atoms with E-state index in [1.54, 1.807) is 24.3 Å². The third-order valence-electron chi connectivity index (χ3n) is 17.4. The lowest BCUT2D eigenvalue weighted by atomic mass is 9.64. The number of aromatic nitrogens is 2. The second-order valence-electron chi connectivity index (χ2n) is 28.3. The van der Waals surface area contributed by atoms with E-state index in [9.17, 15) is 24.3 Å². The Hall–Kier alpha value is -5.82. The Bertz CT molecular complexity index is 3160. The normalized spacial score (nSPS) is 14.3. The molecule has 0 saturated heterocycles. The van der Waals surface area contributed by atoms with Crippen molar-refractivity contribution in [1.29, 1.82) is 0 Å². The van der Waals surface area contributed by atoms with E-state index >= 15 is 0 Å². The highest BCUT2D eigenvalue weighted by atomic mass is 35.5. The molecule has 2 unspecified atom stereocenters. The van der Waals surface area contributed by atoms with Crippen LogP contribution >= 0.6 is 23.2 Å². The minimum atomic E-state index is -2.86. The van der Waals surface area contributed by atoms with Gasteiger partial charge in [-0.1, -0.05) is 212 Å². The number of methoxy groups -OCH3 is 2. The lowest BCUT2D eigenvalue weighted by Crippen LogP contribution is -2.67. The molecule has 2 heterocycles. The molecule has 6 rings (SSSR count). The number of aliphatic hydroxyl groups is 1. The van der Waals surface area contributed by atoms with Crippen LogP contribution in [0.5, 0.6) is 0 Å². The van der Waals surface area contributed by atoms with Gasteiger partial charge in [-0.25, -0.2) is 9.59 Å². The predicted molar refractivity (Wildman–Crippen MR) is 358 cm³/mol. The number of hydrogen-bond donors (Lipinski definition) is 1. The molecule has 0 bridgehead atoms. The predicted octanol–water partition coefficient (Wildman–Crippen LogP) is 16.0. The van der Waals surface area contributed by atoms with E-state index in [-0.39, 0.29) is 83.4 Å². The van der Waals surface area contributed by atoms with Crippen LogP contribution in [-0.2, 0) is 60.0 Å².